The predicted octanol–water partition coefficient (Wildman–Crippen LogP) is 0.386. The van der Waals surface area contributed by atoms with Crippen molar-refractivity contribution in [2.75, 3.05) is 26.9 Å². The number of hydrogen-bond donors (Lipinski definition) is 1. The molecule has 0 spiro atoms. The number of H-pyrrole nitrogens is 1. The van der Waals surface area contributed by atoms with Crippen LogP contribution >= 0.6 is 0 Å². The number of aromatic amines is 1. The minimum absolute atomic E-state index is 0.0734. The molecule has 9 heteroatoms. The van der Waals surface area contributed by atoms with Gasteiger partial charge in [-0.2, -0.15) is 9.40 Å². The predicted molar refractivity (Wildman–Crippen MR) is 73.3 cm³/mol. The van der Waals surface area contributed by atoms with Gasteiger partial charge in [0.1, 0.15) is 5.56 Å². The highest BCUT2D eigenvalue weighted by atomic mass is 32.2. The monoisotopic (exact) mass is 317 g/mol. The SMILES string of the molecule is CCOC(=O)c1cn[nH]c1S(=O)(=O)N(C)C1CCOCC1. The molecule has 2 heterocycles. The molecule has 0 aliphatic carbocycles. The number of rotatable bonds is 5. The Balaban J connectivity index is 2.27. The topological polar surface area (TPSA) is 102 Å². The number of hydrogen-bond acceptors (Lipinski definition) is 6. The summed E-state index contributed by atoms with van der Waals surface area (Å²) >= 11 is 0. The minimum atomic E-state index is -3.83. The van der Waals surface area contributed by atoms with Crippen LogP contribution in [0.4, 0.5) is 0 Å². The van der Waals surface area contributed by atoms with Gasteiger partial charge in [0.25, 0.3) is 10.0 Å². The van der Waals surface area contributed by atoms with Gasteiger partial charge in [-0.25, -0.2) is 13.2 Å². The van der Waals surface area contributed by atoms with Crippen LogP contribution in [0.15, 0.2) is 11.2 Å². The molecular formula is C12H19N3O5S. The zero-order chi connectivity index (χ0) is 15.5. The zero-order valence-electron chi connectivity index (χ0n) is 12.0. The first-order valence-electron chi connectivity index (χ1n) is 6.74. The average Bonchev–Trinajstić information content (AvgIpc) is 2.98. The zero-order valence-corrected chi connectivity index (χ0v) is 12.9. The molecule has 0 radical (unpaired) electrons. The number of esters is 1. The number of sulfonamides is 1. The Morgan fingerprint density at radius 1 is 1.52 bits per heavy atom. The summed E-state index contributed by atoms with van der Waals surface area (Å²) in [5, 5.41) is 5.83. The van der Waals surface area contributed by atoms with E-state index in [1.54, 1.807) is 6.92 Å². The molecule has 1 aliphatic rings. The Labute approximate surface area is 123 Å². The maximum atomic E-state index is 12.6. The summed E-state index contributed by atoms with van der Waals surface area (Å²) in [4.78, 5) is 11.8. The van der Waals surface area contributed by atoms with Gasteiger partial charge in [-0.05, 0) is 19.8 Å². The summed E-state index contributed by atoms with van der Waals surface area (Å²) in [6.07, 6.45) is 2.42. The Kier molecular flexibility index (Phi) is 4.96. The van der Waals surface area contributed by atoms with Crippen LogP contribution in [-0.4, -0.2) is 61.8 Å². The summed E-state index contributed by atoms with van der Waals surface area (Å²) < 4.78 is 36.6. The smallest absolute Gasteiger partial charge is 0.342 e. The number of carbonyl (C=O) groups excluding carboxylic acids is 1. The van der Waals surface area contributed by atoms with Gasteiger partial charge in [-0.1, -0.05) is 0 Å². The Morgan fingerprint density at radius 2 is 2.19 bits per heavy atom. The van der Waals surface area contributed by atoms with E-state index in [2.05, 4.69) is 10.2 Å². The van der Waals surface area contributed by atoms with E-state index in [1.807, 2.05) is 0 Å². The van der Waals surface area contributed by atoms with Crippen molar-refractivity contribution in [3.63, 3.8) is 0 Å². The maximum Gasteiger partial charge on any atom is 0.342 e. The molecule has 2 rings (SSSR count). The fraction of sp³-hybridized carbons (Fsp3) is 0.667. The second-order valence-corrected chi connectivity index (χ2v) is 6.63. The van der Waals surface area contributed by atoms with Gasteiger partial charge in [0.05, 0.1) is 12.8 Å². The third kappa shape index (κ3) is 3.25. The molecule has 1 aromatic heterocycles. The molecule has 118 valence electrons. The van der Waals surface area contributed by atoms with E-state index in [9.17, 15) is 13.2 Å². The Bertz CT molecular complexity index is 592. The lowest BCUT2D eigenvalue weighted by molar-refractivity contribution is 0.0520. The second-order valence-electron chi connectivity index (χ2n) is 4.70. The van der Waals surface area contributed by atoms with Gasteiger partial charge in [0.2, 0.25) is 0 Å². The van der Waals surface area contributed by atoms with Gasteiger partial charge >= 0.3 is 5.97 Å². The molecule has 1 saturated heterocycles. The minimum Gasteiger partial charge on any atom is -0.462 e. The maximum absolute atomic E-state index is 12.6. The number of nitrogens with zero attached hydrogens (tertiary/aromatic N) is 2. The molecular weight excluding hydrogens is 298 g/mol. The van der Waals surface area contributed by atoms with E-state index in [1.165, 1.54) is 17.5 Å². The molecule has 0 amide bonds. The van der Waals surface area contributed by atoms with Crippen molar-refractivity contribution in [3.05, 3.63) is 11.8 Å². The second kappa shape index (κ2) is 6.54. The lowest BCUT2D eigenvalue weighted by atomic mass is 10.1. The molecule has 0 unspecified atom stereocenters. The van der Waals surface area contributed by atoms with Gasteiger partial charge in [-0.3, -0.25) is 5.10 Å². The highest BCUT2D eigenvalue weighted by Gasteiger charge is 2.34. The number of nitrogens with one attached hydrogen (secondary N) is 1. The van der Waals surface area contributed by atoms with E-state index in [-0.39, 0.29) is 23.2 Å². The summed E-state index contributed by atoms with van der Waals surface area (Å²) in [5.74, 6) is -0.704. The van der Waals surface area contributed by atoms with Gasteiger partial charge in [-0.15, -0.1) is 0 Å². The average molecular weight is 317 g/mol. The third-order valence-electron chi connectivity index (χ3n) is 3.44. The highest BCUT2D eigenvalue weighted by molar-refractivity contribution is 7.89. The first kappa shape index (κ1) is 15.9. The molecule has 1 N–H and O–H groups in total. The number of carbonyl (C=O) groups is 1. The summed E-state index contributed by atoms with van der Waals surface area (Å²) in [7, 11) is -2.33. The van der Waals surface area contributed by atoms with Crippen molar-refractivity contribution in [3.8, 4) is 0 Å². The van der Waals surface area contributed by atoms with E-state index < -0.39 is 16.0 Å². The van der Waals surface area contributed by atoms with Crippen LogP contribution in [0.2, 0.25) is 0 Å². The van der Waals surface area contributed by atoms with Crippen molar-refractivity contribution in [1.29, 1.82) is 0 Å². The van der Waals surface area contributed by atoms with Crippen LogP contribution in [0, 0.1) is 0 Å². The third-order valence-corrected chi connectivity index (χ3v) is 5.33. The quantitative estimate of drug-likeness (QED) is 0.788. The Hall–Kier alpha value is -1.45. The molecule has 0 bridgehead atoms. The highest BCUT2D eigenvalue weighted by Crippen LogP contribution is 2.23. The molecule has 1 fully saturated rings. The molecule has 0 aromatic carbocycles. The fourth-order valence-electron chi connectivity index (χ4n) is 2.21. The van der Waals surface area contributed by atoms with Crippen LogP contribution in [0.25, 0.3) is 0 Å². The van der Waals surface area contributed by atoms with E-state index in [0.717, 1.165) is 0 Å². The largest absolute Gasteiger partial charge is 0.462 e. The van der Waals surface area contributed by atoms with Crippen molar-refractivity contribution >= 4 is 16.0 Å². The van der Waals surface area contributed by atoms with Crippen LogP contribution in [0.1, 0.15) is 30.1 Å². The Morgan fingerprint density at radius 3 is 2.81 bits per heavy atom. The lowest BCUT2D eigenvalue weighted by Crippen LogP contribution is -2.41. The first-order valence-corrected chi connectivity index (χ1v) is 8.18. The van der Waals surface area contributed by atoms with Crippen molar-refractivity contribution in [1.82, 2.24) is 14.5 Å². The lowest BCUT2D eigenvalue weighted by Gasteiger charge is -2.30. The fourth-order valence-corrected chi connectivity index (χ4v) is 3.69. The van der Waals surface area contributed by atoms with Gasteiger partial charge in [0.15, 0.2) is 5.03 Å². The van der Waals surface area contributed by atoms with Crippen LogP contribution in [-0.2, 0) is 19.5 Å². The molecule has 0 atom stereocenters. The van der Waals surface area contributed by atoms with Gasteiger partial charge in [0, 0.05) is 26.3 Å². The van der Waals surface area contributed by atoms with Crippen LogP contribution < -0.4 is 0 Å². The van der Waals surface area contributed by atoms with E-state index in [4.69, 9.17) is 9.47 Å². The summed E-state index contributed by atoms with van der Waals surface area (Å²) in [6.45, 7) is 2.87. The number of ether oxygens (including phenoxy) is 2. The molecule has 1 aromatic rings. The van der Waals surface area contributed by atoms with Gasteiger partial charge < -0.3 is 9.47 Å². The summed E-state index contributed by atoms with van der Waals surface area (Å²) in [5.41, 5.74) is -0.0734. The van der Waals surface area contributed by atoms with E-state index in [0.29, 0.717) is 26.1 Å². The molecule has 8 nitrogen and oxygen atoms in total. The molecule has 0 saturated carbocycles. The molecule has 21 heavy (non-hydrogen) atoms. The summed E-state index contributed by atoms with van der Waals surface area (Å²) in [6, 6.07) is -0.151. The van der Waals surface area contributed by atoms with Crippen molar-refractivity contribution in [2.45, 2.75) is 30.8 Å². The van der Waals surface area contributed by atoms with Crippen LogP contribution in [0.5, 0.6) is 0 Å². The molecule has 1 aliphatic heterocycles. The van der Waals surface area contributed by atoms with E-state index >= 15 is 0 Å². The normalized spacial score (nSPS) is 17.1. The number of aromatic nitrogens is 2. The van der Waals surface area contributed by atoms with Crippen LogP contribution in [0.3, 0.4) is 0 Å². The van der Waals surface area contributed by atoms with Crippen molar-refractivity contribution < 1.29 is 22.7 Å². The standard InChI is InChI=1S/C12H19N3O5S/c1-3-20-12(16)10-8-13-14-11(10)21(17,18)15(2)9-4-6-19-7-5-9/h8-9H,3-7H2,1-2H3,(H,13,14). The van der Waals surface area contributed by atoms with Crippen molar-refractivity contribution in [2.24, 2.45) is 0 Å². The first-order chi connectivity index (χ1) is 9.98.